The van der Waals surface area contributed by atoms with Crippen LogP contribution in [-0.2, 0) is 14.4 Å². The Morgan fingerprint density at radius 2 is 1.97 bits per heavy atom. The molecule has 1 unspecified atom stereocenters. The molecule has 0 saturated carbocycles. The third-order valence-corrected chi connectivity index (χ3v) is 6.13. The standard InChI is InChI=1S/C21H31N5O3/c1-13-6-7-18(26(11-13)15(3)27)16-5-4-8-25(12-16)21(29)20(28)24-17-9-14(2)19(22)23-10-17/h9-10,13,16,18H,4-8,11-12H2,1-3H3,(H2,22,23)(H,24,28)/t13-,16?,18+/m1/s1. The van der Waals surface area contributed by atoms with Gasteiger partial charge in [-0.25, -0.2) is 4.98 Å². The van der Waals surface area contributed by atoms with Gasteiger partial charge < -0.3 is 20.9 Å². The Morgan fingerprint density at radius 1 is 1.21 bits per heavy atom. The molecule has 0 aromatic carbocycles. The first-order chi connectivity index (χ1) is 13.8. The molecule has 2 aliphatic heterocycles. The molecule has 2 aliphatic rings. The van der Waals surface area contributed by atoms with Gasteiger partial charge in [0.1, 0.15) is 5.82 Å². The fourth-order valence-electron chi connectivity index (χ4n) is 4.52. The van der Waals surface area contributed by atoms with Crippen LogP contribution < -0.4 is 11.1 Å². The zero-order chi connectivity index (χ0) is 21.1. The molecule has 3 N–H and O–H groups in total. The molecule has 0 bridgehead atoms. The maximum atomic E-state index is 12.7. The van der Waals surface area contributed by atoms with Crippen LogP contribution >= 0.6 is 0 Å². The van der Waals surface area contributed by atoms with Gasteiger partial charge >= 0.3 is 11.8 Å². The molecule has 2 fully saturated rings. The van der Waals surface area contributed by atoms with Gasteiger partial charge in [0.15, 0.2) is 0 Å². The molecule has 2 saturated heterocycles. The smallest absolute Gasteiger partial charge is 0.313 e. The average Bonchev–Trinajstić information content (AvgIpc) is 2.70. The molecule has 8 heteroatoms. The van der Waals surface area contributed by atoms with E-state index in [1.54, 1.807) is 24.8 Å². The largest absolute Gasteiger partial charge is 0.383 e. The lowest BCUT2D eigenvalue weighted by atomic mass is 9.82. The second-order valence-electron chi connectivity index (χ2n) is 8.45. The van der Waals surface area contributed by atoms with Crippen LogP contribution in [0.4, 0.5) is 11.5 Å². The minimum Gasteiger partial charge on any atom is -0.383 e. The minimum atomic E-state index is -0.669. The minimum absolute atomic E-state index is 0.0916. The Morgan fingerprint density at radius 3 is 2.66 bits per heavy atom. The summed E-state index contributed by atoms with van der Waals surface area (Å²) in [6.07, 6.45) is 5.29. The zero-order valence-corrected chi connectivity index (χ0v) is 17.5. The first kappa shape index (κ1) is 21.1. The van der Waals surface area contributed by atoms with Crippen molar-refractivity contribution in [1.29, 1.82) is 0 Å². The molecule has 0 spiro atoms. The van der Waals surface area contributed by atoms with Crippen molar-refractivity contribution < 1.29 is 14.4 Å². The van der Waals surface area contributed by atoms with Crippen molar-refractivity contribution in [2.24, 2.45) is 11.8 Å². The van der Waals surface area contributed by atoms with Crippen molar-refractivity contribution in [2.45, 2.75) is 52.5 Å². The van der Waals surface area contributed by atoms with Crippen LogP contribution in [0.2, 0.25) is 0 Å². The molecule has 1 aromatic rings. The van der Waals surface area contributed by atoms with Crippen LogP contribution in [0.3, 0.4) is 0 Å². The monoisotopic (exact) mass is 401 g/mol. The van der Waals surface area contributed by atoms with E-state index in [1.165, 1.54) is 6.20 Å². The Hall–Kier alpha value is -2.64. The van der Waals surface area contributed by atoms with Gasteiger partial charge in [0.2, 0.25) is 5.91 Å². The van der Waals surface area contributed by atoms with Crippen LogP contribution in [0.25, 0.3) is 0 Å². The van der Waals surface area contributed by atoms with E-state index in [0.29, 0.717) is 30.5 Å². The van der Waals surface area contributed by atoms with Gasteiger partial charge in [-0.15, -0.1) is 0 Å². The lowest BCUT2D eigenvalue weighted by Crippen LogP contribution is -2.54. The molecular formula is C21H31N5O3. The molecule has 3 heterocycles. The number of hydrogen-bond donors (Lipinski definition) is 2. The van der Waals surface area contributed by atoms with Gasteiger partial charge in [-0.3, -0.25) is 14.4 Å². The Labute approximate surface area is 171 Å². The van der Waals surface area contributed by atoms with E-state index >= 15 is 0 Å². The lowest BCUT2D eigenvalue weighted by Gasteiger charge is -2.45. The molecule has 0 aliphatic carbocycles. The predicted octanol–water partition coefficient (Wildman–Crippen LogP) is 1.80. The summed E-state index contributed by atoms with van der Waals surface area (Å²) in [5.41, 5.74) is 6.89. The average molecular weight is 402 g/mol. The van der Waals surface area contributed by atoms with Gasteiger partial charge in [-0.05, 0) is 56.1 Å². The van der Waals surface area contributed by atoms with Crippen LogP contribution in [-0.4, -0.2) is 58.2 Å². The van der Waals surface area contributed by atoms with Crippen molar-refractivity contribution in [1.82, 2.24) is 14.8 Å². The van der Waals surface area contributed by atoms with Crippen molar-refractivity contribution in [3.05, 3.63) is 17.8 Å². The number of pyridine rings is 1. The summed E-state index contributed by atoms with van der Waals surface area (Å²) in [6, 6.07) is 1.84. The number of piperidine rings is 2. The molecule has 158 valence electrons. The Kier molecular flexibility index (Phi) is 6.39. The third kappa shape index (κ3) is 4.86. The van der Waals surface area contributed by atoms with Gasteiger partial charge in [-0.1, -0.05) is 6.92 Å². The number of nitrogens with one attached hydrogen (secondary N) is 1. The Balaban J connectivity index is 1.64. The van der Waals surface area contributed by atoms with Crippen molar-refractivity contribution >= 4 is 29.2 Å². The summed E-state index contributed by atoms with van der Waals surface area (Å²) in [5, 5.41) is 2.62. The highest BCUT2D eigenvalue weighted by Gasteiger charge is 2.37. The maximum absolute atomic E-state index is 12.7. The highest BCUT2D eigenvalue weighted by Crippen LogP contribution is 2.31. The Bertz CT molecular complexity index is 797. The predicted molar refractivity (Wildman–Crippen MR) is 111 cm³/mol. The number of carbonyl (C=O) groups is 3. The van der Waals surface area contributed by atoms with E-state index in [4.69, 9.17) is 5.73 Å². The van der Waals surface area contributed by atoms with E-state index in [0.717, 1.165) is 37.8 Å². The first-order valence-corrected chi connectivity index (χ1v) is 10.4. The van der Waals surface area contributed by atoms with Gasteiger partial charge in [-0.2, -0.15) is 0 Å². The van der Waals surface area contributed by atoms with E-state index < -0.39 is 11.8 Å². The van der Waals surface area contributed by atoms with Gasteiger partial charge in [0.05, 0.1) is 11.9 Å². The quantitative estimate of drug-likeness (QED) is 0.735. The van der Waals surface area contributed by atoms with Crippen LogP contribution in [0.1, 0.15) is 45.1 Å². The molecule has 3 amide bonds. The summed E-state index contributed by atoms with van der Waals surface area (Å²) in [6.45, 7) is 7.42. The lowest BCUT2D eigenvalue weighted by molar-refractivity contribution is -0.145. The maximum Gasteiger partial charge on any atom is 0.313 e. The van der Waals surface area contributed by atoms with Gasteiger partial charge in [0, 0.05) is 32.6 Å². The number of rotatable bonds is 2. The molecule has 29 heavy (non-hydrogen) atoms. The second-order valence-corrected chi connectivity index (χ2v) is 8.45. The van der Waals surface area contributed by atoms with Crippen molar-refractivity contribution in [2.75, 3.05) is 30.7 Å². The van der Waals surface area contributed by atoms with Crippen molar-refractivity contribution in [3.8, 4) is 0 Å². The number of nitrogens with zero attached hydrogens (tertiary/aromatic N) is 3. The van der Waals surface area contributed by atoms with Gasteiger partial charge in [0.25, 0.3) is 0 Å². The summed E-state index contributed by atoms with van der Waals surface area (Å²) in [7, 11) is 0. The number of anilines is 2. The number of aromatic nitrogens is 1. The number of amides is 3. The summed E-state index contributed by atoms with van der Waals surface area (Å²) < 4.78 is 0. The third-order valence-electron chi connectivity index (χ3n) is 6.13. The highest BCUT2D eigenvalue weighted by atomic mass is 16.2. The molecule has 0 radical (unpaired) electrons. The fraction of sp³-hybridized carbons (Fsp3) is 0.619. The number of carbonyl (C=O) groups excluding carboxylic acids is 3. The zero-order valence-electron chi connectivity index (χ0n) is 17.5. The van der Waals surface area contributed by atoms with Crippen LogP contribution in [0.5, 0.6) is 0 Å². The SMILES string of the molecule is CC(=O)N1C[C@H](C)CC[C@H]1C1CCCN(C(=O)C(=O)Nc2cnc(N)c(C)c2)C1. The van der Waals surface area contributed by atoms with Crippen LogP contribution in [0.15, 0.2) is 12.3 Å². The fourth-order valence-corrected chi connectivity index (χ4v) is 4.52. The molecule has 3 rings (SSSR count). The normalized spacial score (nSPS) is 24.9. The van der Waals surface area contributed by atoms with E-state index in [2.05, 4.69) is 17.2 Å². The second kappa shape index (κ2) is 8.80. The van der Waals surface area contributed by atoms with E-state index in [1.807, 2.05) is 4.90 Å². The molecule has 1 aromatic heterocycles. The molecular weight excluding hydrogens is 370 g/mol. The number of nitrogen functional groups attached to an aromatic ring is 1. The van der Waals surface area contributed by atoms with E-state index in [-0.39, 0.29) is 17.9 Å². The van der Waals surface area contributed by atoms with E-state index in [9.17, 15) is 14.4 Å². The highest BCUT2D eigenvalue weighted by molar-refractivity contribution is 6.39. The number of aryl methyl sites for hydroxylation is 1. The summed E-state index contributed by atoms with van der Waals surface area (Å²) in [4.78, 5) is 45.0. The number of hydrogen-bond acceptors (Lipinski definition) is 5. The van der Waals surface area contributed by atoms with Crippen molar-refractivity contribution in [3.63, 3.8) is 0 Å². The topological polar surface area (TPSA) is 109 Å². The summed E-state index contributed by atoms with van der Waals surface area (Å²) in [5.74, 6) is -0.0180. The molecule has 3 atom stereocenters. The van der Waals surface area contributed by atoms with Crippen LogP contribution in [0, 0.1) is 18.8 Å². The molecule has 8 nitrogen and oxygen atoms in total. The number of likely N-dealkylation sites (tertiary alicyclic amines) is 2. The number of nitrogens with two attached hydrogens (primary N) is 1. The summed E-state index contributed by atoms with van der Waals surface area (Å²) >= 11 is 0. The first-order valence-electron chi connectivity index (χ1n) is 10.4.